The van der Waals surface area contributed by atoms with Gasteiger partial charge in [-0.1, -0.05) is 6.07 Å². The van der Waals surface area contributed by atoms with Crippen molar-refractivity contribution < 1.29 is 14.6 Å². The number of thiophene rings is 2. The minimum Gasteiger partial charge on any atom is -0.494 e. The van der Waals surface area contributed by atoms with Crippen LogP contribution in [0.3, 0.4) is 0 Å². The lowest BCUT2D eigenvalue weighted by atomic mass is 10.1. The van der Waals surface area contributed by atoms with Gasteiger partial charge >= 0.3 is 5.97 Å². The molecule has 0 atom stereocenters. The normalized spacial score (nSPS) is 11.1. The third kappa shape index (κ3) is 3.88. The molecule has 0 aliphatic carbocycles. The van der Waals surface area contributed by atoms with Crippen molar-refractivity contribution in [2.24, 2.45) is 0 Å². The van der Waals surface area contributed by atoms with Crippen LogP contribution in [0.1, 0.15) is 27.5 Å². The molecular formula is C22H20N2O4S2. The summed E-state index contributed by atoms with van der Waals surface area (Å²) in [4.78, 5) is 31.8. The first-order valence-corrected chi connectivity index (χ1v) is 11.2. The summed E-state index contributed by atoms with van der Waals surface area (Å²) in [5.41, 5.74) is 1.19. The van der Waals surface area contributed by atoms with Crippen molar-refractivity contribution in [1.82, 2.24) is 9.55 Å². The van der Waals surface area contributed by atoms with Gasteiger partial charge in [0.25, 0.3) is 5.56 Å². The SMILES string of the molecule is Cc1sc2nc(C)n(CCCOc3ccc(C(=O)O)cc3)c(=O)c2c1-c1cccs1. The molecule has 1 aromatic carbocycles. The van der Waals surface area contributed by atoms with Crippen molar-refractivity contribution >= 4 is 38.9 Å². The Labute approximate surface area is 181 Å². The second kappa shape index (κ2) is 8.41. The molecule has 0 aliphatic rings. The van der Waals surface area contributed by atoms with E-state index < -0.39 is 5.97 Å². The monoisotopic (exact) mass is 440 g/mol. The zero-order valence-electron chi connectivity index (χ0n) is 16.5. The van der Waals surface area contributed by atoms with Gasteiger partial charge < -0.3 is 9.84 Å². The number of hydrogen-bond donors (Lipinski definition) is 1. The number of aromatic nitrogens is 2. The Kier molecular flexibility index (Phi) is 5.69. The van der Waals surface area contributed by atoms with Crippen LogP contribution in [-0.4, -0.2) is 27.2 Å². The van der Waals surface area contributed by atoms with Crippen LogP contribution in [0.5, 0.6) is 5.75 Å². The zero-order valence-corrected chi connectivity index (χ0v) is 18.2. The largest absolute Gasteiger partial charge is 0.494 e. The molecule has 1 N–H and O–H groups in total. The highest BCUT2D eigenvalue weighted by atomic mass is 32.1. The van der Waals surface area contributed by atoms with Crippen LogP contribution in [0.25, 0.3) is 20.7 Å². The second-order valence-corrected chi connectivity index (χ2v) is 8.99. The number of carboxylic acid groups (broad SMARTS) is 1. The first-order valence-electron chi connectivity index (χ1n) is 9.46. The molecular weight excluding hydrogens is 420 g/mol. The lowest BCUT2D eigenvalue weighted by molar-refractivity contribution is 0.0697. The van der Waals surface area contributed by atoms with Crippen LogP contribution in [0, 0.1) is 13.8 Å². The van der Waals surface area contributed by atoms with Gasteiger partial charge in [0.2, 0.25) is 0 Å². The van der Waals surface area contributed by atoms with Gasteiger partial charge in [-0.3, -0.25) is 9.36 Å². The molecule has 0 amide bonds. The Hall–Kier alpha value is -2.97. The van der Waals surface area contributed by atoms with E-state index in [1.165, 1.54) is 12.1 Å². The molecule has 3 aromatic heterocycles. The summed E-state index contributed by atoms with van der Waals surface area (Å²) < 4.78 is 7.40. The highest BCUT2D eigenvalue weighted by Crippen LogP contribution is 2.37. The molecule has 0 saturated heterocycles. The van der Waals surface area contributed by atoms with Crippen molar-refractivity contribution in [3.63, 3.8) is 0 Å². The third-order valence-electron chi connectivity index (χ3n) is 4.84. The van der Waals surface area contributed by atoms with E-state index >= 15 is 0 Å². The van der Waals surface area contributed by atoms with Gasteiger partial charge in [-0.05, 0) is 56.0 Å². The summed E-state index contributed by atoms with van der Waals surface area (Å²) in [5, 5.41) is 11.6. The number of aromatic carboxylic acids is 1. The Morgan fingerprint density at radius 3 is 2.63 bits per heavy atom. The number of carbonyl (C=O) groups is 1. The number of benzene rings is 1. The Balaban J connectivity index is 1.52. The fourth-order valence-corrected chi connectivity index (χ4v) is 5.36. The average molecular weight is 441 g/mol. The minimum absolute atomic E-state index is 0.0175. The topological polar surface area (TPSA) is 81.4 Å². The number of fused-ring (bicyclic) bond motifs is 1. The van der Waals surface area contributed by atoms with Crippen molar-refractivity contribution in [3.05, 3.63) is 68.4 Å². The molecule has 0 aliphatic heterocycles. The number of nitrogens with zero attached hydrogens (tertiary/aromatic N) is 2. The molecule has 0 fully saturated rings. The fraction of sp³-hybridized carbons (Fsp3) is 0.227. The van der Waals surface area contributed by atoms with Crippen molar-refractivity contribution in [3.8, 4) is 16.2 Å². The third-order valence-corrected chi connectivity index (χ3v) is 6.73. The van der Waals surface area contributed by atoms with Gasteiger partial charge in [-0.25, -0.2) is 9.78 Å². The van der Waals surface area contributed by atoms with Crippen molar-refractivity contribution in [2.45, 2.75) is 26.8 Å². The quantitative estimate of drug-likeness (QED) is 0.410. The molecule has 0 bridgehead atoms. The lowest BCUT2D eigenvalue weighted by Gasteiger charge is -2.11. The fourth-order valence-electron chi connectivity index (χ4n) is 3.38. The van der Waals surface area contributed by atoms with Crippen LogP contribution >= 0.6 is 22.7 Å². The van der Waals surface area contributed by atoms with Crippen LogP contribution in [0.2, 0.25) is 0 Å². The summed E-state index contributed by atoms with van der Waals surface area (Å²) in [7, 11) is 0. The van der Waals surface area contributed by atoms with Gasteiger partial charge in [0.05, 0.1) is 17.6 Å². The van der Waals surface area contributed by atoms with Crippen LogP contribution in [-0.2, 0) is 6.54 Å². The number of ether oxygens (including phenoxy) is 1. The van der Waals surface area contributed by atoms with E-state index in [1.54, 1.807) is 39.4 Å². The molecule has 3 heterocycles. The van der Waals surface area contributed by atoms with E-state index in [2.05, 4.69) is 4.98 Å². The van der Waals surface area contributed by atoms with Gasteiger partial charge in [-0.15, -0.1) is 22.7 Å². The van der Waals surface area contributed by atoms with Crippen molar-refractivity contribution in [2.75, 3.05) is 6.61 Å². The first kappa shape index (κ1) is 20.3. The highest BCUT2D eigenvalue weighted by molar-refractivity contribution is 7.20. The molecule has 0 unspecified atom stereocenters. The van der Waals surface area contributed by atoms with Crippen LogP contribution in [0.15, 0.2) is 46.6 Å². The Morgan fingerprint density at radius 2 is 1.97 bits per heavy atom. The van der Waals surface area contributed by atoms with E-state index in [0.29, 0.717) is 36.5 Å². The Bertz CT molecular complexity index is 1260. The van der Waals surface area contributed by atoms with Gasteiger partial charge in [0.1, 0.15) is 16.4 Å². The Morgan fingerprint density at radius 1 is 1.20 bits per heavy atom. The average Bonchev–Trinajstić information content (AvgIpc) is 3.34. The molecule has 0 spiro atoms. The predicted octanol–water partition coefficient (Wildman–Crippen LogP) is 4.97. The number of rotatable bonds is 7. The van der Waals surface area contributed by atoms with Gasteiger partial charge in [-0.2, -0.15) is 0 Å². The smallest absolute Gasteiger partial charge is 0.335 e. The first-order chi connectivity index (χ1) is 14.5. The maximum atomic E-state index is 13.3. The molecule has 0 saturated carbocycles. The van der Waals surface area contributed by atoms with E-state index in [1.807, 2.05) is 31.4 Å². The maximum Gasteiger partial charge on any atom is 0.335 e. The summed E-state index contributed by atoms with van der Waals surface area (Å²) in [6.45, 7) is 4.80. The summed E-state index contributed by atoms with van der Waals surface area (Å²) in [6.07, 6.45) is 0.631. The number of carboxylic acids is 1. The number of aryl methyl sites for hydroxylation is 2. The molecule has 0 radical (unpaired) electrons. The predicted molar refractivity (Wildman–Crippen MR) is 120 cm³/mol. The van der Waals surface area contributed by atoms with Gasteiger partial charge in [0.15, 0.2) is 0 Å². The van der Waals surface area contributed by atoms with E-state index in [4.69, 9.17) is 9.84 Å². The van der Waals surface area contributed by atoms with E-state index in [9.17, 15) is 9.59 Å². The zero-order chi connectivity index (χ0) is 21.3. The molecule has 4 aromatic rings. The number of hydrogen-bond acceptors (Lipinski definition) is 6. The highest BCUT2D eigenvalue weighted by Gasteiger charge is 2.19. The standard InChI is InChI=1S/C22H20N2O4S2/c1-13-18(17-5-3-12-29-17)19-20(30-13)23-14(2)24(21(19)25)10-4-11-28-16-8-6-15(7-9-16)22(26)27/h3,5-9,12H,4,10-11H2,1-2H3,(H,26,27). The van der Waals surface area contributed by atoms with Gasteiger partial charge in [0, 0.05) is 21.9 Å². The van der Waals surface area contributed by atoms with Crippen LogP contribution in [0.4, 0.5) is 0 Å². The van der Waals surface area contributed by atoms with Crippen molar-refractivity contribution in [1.29, 1.82) is 0 Å². The second-order valence-electron chi connectivity index (χ2n) is 6.84. The molecule has 154 valence electrons. The summed E-state index contributed by atoms with van der Waals surface area (Å²) in [5.74, 6) is 0.327. The van der Waals surface area contributed by atoms with E-state index in [0.717, 1.165) is 20.1 Å². The maximum absolute atomic E-state index is 13.3. The minimum atomic E-state index is -0.968. The summed E-state index contributed by atoms with van der Waals surface area (Å²) >= 11 is 3.18. The molecule has 8 heteroatoms. The lowest BCUT2D eigenvalue weighted by Crippen LogP contribution is -2.24. The molecule has 30 heavy (non-hydrogen) atoms. The van der Waals surface area contributed by atoms with E-state index in [-0.39, 0.29) is 11.1 Å². The molecule has 6 nitrogen and oxygen atoms in total. The summed E-state index contributed by atoms with van der Waals surface area (Å²) in [6, 6.07) is 10.3. The van der Waals surface area contributed by atoms with Crippen LogP contribution < -0.4 is 10.3 Å². The molecule has 4 rings (SSSR count).